The Morgan fingerprint density at radius 3 is 2.44 bits per heavy atom. The van der Waals surface area contributed by atoms with Gasteiger partial charge in [-0.2, -0.15) is 0 Å². The fourth-order valence-corrected chi connectivity index (χ4v) is 1.18. The predicted octanol–water partition coefficient (Wildman–Crippen LogP) is 0.688. The lowest BCUT2D eigenvalue weighted by Gasteiger charge is -2.18. The zero-order valence-corrected chi connectivity index (χ0v) is 11.3. The van der Waals surface area contributed by atoms with Crippen LogP contribution in [0.15, 0.2) is 0 Å². The van der Waals surface area contributed by atoms with Crippen LogP contribution in [0.5, 0.6) is 0 Å². The summed E-state index contributed by atoms with van der Waals surface area (Å²) in [6, 6.07) is -0.107. The number of nitrogens with one attached hydrogen (secondary N) is 2. The van der Waals surface area contributed by atoms with Crippen molar-refractivity contribution < 1.29 is 4.79 Å². The van der Waals surface area contributed by atoms with E-state index >= 15 is 0 Å². The van der Waals surface area contributed by atoms with E-state index in [0.717, 1.165) is 26.2 Å². The quantitative estimate of drug-likeness (QED) is 0.643. The molecular weight excluding hydrogens is 202 g/mol. The van der Waals surface area contributed by atoms with Crippen LogP contribution in [0, 0.1) is 5.92 Å². The van der Waals surface area contributed by atoms with Gasteiger partial charge >= 0.3 is 0 Å². The van der Waals surface area contributed by atoms with Gasteiger partial charge in [0.1, 0.15) is 0 Å². The van der Waals surface area contributed by atoms with Crippen molar-refractivity contribution in [2.75, 3.05) is 33.2 Å². The number of likely N-dealkylation sites (N-methyl/N-ethyl adjacent to an activating group) is 1. The van der Waals surface area contributed by atoms with Gasteiger partial charge in [0.25, 0.3) is 0 Å². The lowest BCUT2D eigenvalue weighted by molar-refractivity contribution is -0.122. The minimum absolute atomic E-state index is 0.0906. The van der Waals surface area contributed by atoms with Gasteiger partial charge in [-0.25, -0.2) is 0 Å². The van der Waals surface area contributed by atoms with Crippen molar-refractivity contribution in [2.24, 2.45) is 5.92 Å². The van der Waals surface area contributed by atoms with Crippen LogP contribution in [-0.2, 0) is 4.79 Å². The van der Waals surface area contributed by atoms with Crippen LogP contribution in [0.3, 0.4) is 0 Å². The second-order valence-corrected chi connectivity index (χ2v) is 4.71. The Hall–Kier alpha value is -0.610. The first-order valence-corrected chi connectivity index (χ1v) is 6.17. The number of amides is 1. The maximum atomic E-state index is 11.6. The first-order valence-electron chi connectivity index (χ1n) is 6.17. The maximum Gasteiger partial charge on any atom is 0.236 e. The number of hydrogen-bond donors (Lipinski definition) is 2. The summed E-state index contributed by atoms with van der Waals surface area (Å²) in [6.45, 7) is 11.8. The summed E-state index contributed by atoms with van der Waals surface area (Å²) in [7, 11) is 2.07. The molecule has 0 heterocycles. The largest absolute Gasteiger partial charge is 0.354 e. The van der Waals surface area contributed by atoms with E-state index in [1.165, 1.54) is 0 Å². The highest BCUT2D eigenvalue weighted by atomic mass is 16.2. The molecule has 0 rings (SSSR count). The van der Waals surface area contributed by atoms with E-state index in [0.29, 0.717) is 5.92 Å². The first-order chi connectivity index (χ1) is 7.47. The molecule has 16 heavy (non-hydrogen) atoms. The Labute approximate surface area is 99.8 Å². The van der Waals surface area contributed by atoms with E-state index in [2.05, 4.69) is 43.4 Å². The monoisotopic (exact) mass is 229 g/mol. The molecule has 0 saturated carbocycles. The van der Waals surface area contributed by atoms with Gasteiger partial charge in [-0.3, -0.25) is 4.79 Å². The van der Waals surface area contributed by atoms with Crippen LogP contribution in [-0.4, -0.2) is 50.1 Å². The van der Waals surface area contributed by atoms with Crippen LogP contribution >= 0.6 is 0 Å². The fourth-order valence-electron chi connectivity index (χ4n) is 1.18. The molecule has 0 fully saturated rings. The number of carbonyl (C=O) groups is 1. The molecule has 1 unspecified atom stereocenters. The SMILES string of the molecule is CCN(C)CCNC(C)C(=O)NCC(C)C. The predicted molar refractivity (Wildman–Crippen MR) is 68.5 cm³/mol. The topological polar surface area (TPSA) is 44.4 Å². The molecule has 0 aromatic carbocycles. The van der Waals surface area contributed by atoms with Crippen molar-refractivity contribution in [3.05, 3.63) is 0 Å². The minimum Gasteiger partial charge on any atom is -0.354 e. The summed E-state index contributed by atoms with van der Waals surface area (Å²) < 4.78 is 0. The van der Waals surface area contributed by atoms with Crippen molar-refractivity contribution in [1.82, 2.24) is 15.5 Å². The lowest BCUT2D eigenvalue weighted by atomic mass is 10.2. The molecule has 0 aromatic heterocycles. The summed E-state index contributed by atoms with van der Waals surface area (Å²) in [5, 5.41) is 6.14. The van der Waals surface area contributed by atoms with Crippen molar-refractivity contribution in [3.8, 4) is 0 Å². The van der Waals surface area contributed by atoms with Crippen molar-refractivity contribution in [2.45, 2.75) is 33.7 Å². The average molecular weight is 229 g/mol. The Balaban J connectivity index is 3.63. The van der Waals surface area contributed by atoms with Crippen molar-refractivity contribution >= 4 is 5.91 Å². The number of nitrogens with zero attached hydrogens (tertiary/aromatic N) is 1. The minimum atomic E-state index is -0.107. The molecule has 0 spiro atoms. The summed E-state index contributed by atoms with van der Waals surface area (Å²) in [6.07, 6.45) is 0. The zero-order chi connectivity index (χ0) is 12.6. The van der Waals surface area contributed by atoms with Gasteiger partial charge in [0.05, 0.1) is 6.04 Å². The number of hydrogen-bond acceptors (Lipinski definition) is 3. The molecule has 0 aromatic rings. The lowest BCUT2D eigenvalue weighted by Crippen LogP contribution is -2.45. The molecule has 0 aliphatic heterocycles. The van der Waals surface area contributed by atoms with Crippen LogP contribution in [0.1, 0.15) is 27.7 Å². The molecule has 0 aliphatic rings. The van der Waals surface area contributed by atoms with E-state index in [1.807, 2.05) is 6.92 Å². The fraction of sp³-hybridized carbons (Fsp3) is 0.917. The Morgan fingerprint density at radius 2 is 1.94 bits per heavy atom. The summed E-state index contributed by atoms with van der Waals surface area (Å²) in [4.78, 5) is 13.8. The number of carbonyl (C=O) groups excluding carboxylic acids is 1. The highest BCUT2D eigenvalue weighted by Gasteiger charge is 2.11. The van der Waals surface area contributed by atoms with Crippen molar-refractivity contribution in [3.63, 3.8) is 0 Å². The third kappa shape index (κ3) is 7.65. The van der Waals surface area contributed by atoms with Gasteiger partial charge in [0, 0.05) is 19.6 Å². The normalized spacial score (nSPS) is 13.2. The molecule has 96 valence electrons. The molecule has 4 heteroatoms. The second kappa shape index (κ2) is 8.53. The smallest absolute Gasteiger partial charge is 0.236 e. The van der Waals surface area contributed by atoms with Crippen LogP contribution in [0.2, 0.25) is 0 Å². The van der Waals surface area contributed by atoms with E-state index in [-0.39, 0.29) is 11.9 Å². The van der Waals surface area contributed by atoms with Crippen molar-refractivity contribution in [1.29, 1.82) is 0 Å². The van der Waals surface area contributed by atoms with E-state index < -0.39 is 0 Å². The third-order valence-corrected chi connectivity index (χ3v) is 2.56. The van der Waals surface area contributed by atoms with Gasteiger partial charge in [-0.1, -0.05) is 20.8 Å². The Morgan fingerprint density at radius 1 is 1.31 bits per heavy atom. The molecule has 1 atom stereocenters. The Kier molecular flexibility index (Phi) is 8.21. The number of rotatable bonds is 8. The van der Waals surface area contributed by atoms with E-state index in [1.54, 1.807) is 0 Å². The summed E-state index contributed by atoms with van der Waals surface area (Å²) in [5.41, 5.74) is 0. The van der Waals surface area contributed by atoms with Gasteiger partial charge in [0.15, 0.2) is 0 Å². The highest BCUT2D eigenvalue weighted by Crippen LogP contribution is 1.89. The second-order valence-electron chi connectivity index (χ2n) is 4.71. The van der Waals surface area contributed by atoms with E-state index in [9.17, 15) is 4.79 Å². The molecule has 1 amide bonds. The maximum absolute atomic E-state index is 11.6. The molecule has 0 radical (unpaired) electrons. The standard InChI is InChI=1S/C12H27N3O/c1-6-15(5)8-7-13-11(4)12(16)14-9-10(2)3/h10-11,13H,6-9H2,1-5H3,(H,14,16). The van der Waals surface area contributed by atoms with Gasteiger partial charge in [0.2, 0.25) is 5.91 Å². The molecule has 4 nitrogen and oxygen atoms in total. The molecule has 0 saturated heterocycles. The zero-order valence-electron chi connectivity index (χ0n) is 11.3. The summed E-state index contributed by atoms with van der Waals surface area (Å²) in [5.74, 6) is 0.593. The summed E-state index contributed by atoms with van der Waals surface area (Å²) >= 11 is 0. The van der Waals surface area contributed by atoms with Gasteiger partial charge < -0.3 is 15.5 Å². The van der Waals surface area contributed by atoms with Gasteiger partial charge in [-0.05, 0) is 26.4 Å². The van der Waals surface area contributed by atoms with Crippen LogP contribution < -0.4 is 10.6 Å². The molecule has 0 aliphatic carbocycles. The van der Waals surface area contributed by atoms with Gasteiger partial charge in [-0.15, -0.1) is 0 Å². The molecule has 0 bridgehead atoms. The highest BCUT2D eigenvalue weighted by molar-refractivity contribution is 5.81. The molecule has 2 N–H and O–H groups in total. The first kappa shape index (κ1) is 15.4. The van der Waals surface area contributed by atoms with Crippen LogP contribution in [0.25, 0.3) is 0 Å². The van der Waals surface area contributed by atoms with Crippen LogP contribution in [0.4, 0.5) is 0 Å². The third-order valence-electron chi connectivity index (χ3n) is 2.56. The van der Waals surface area contributed by atoms with E-state index in [4.69, 9.17) is 0 Å². The Bertz CT molecular complexity index is 195. The molecular formula is C12H27N3O. The average Bonchev–Trinajstić information content (AvgIpc) is 2.25.